The normalized spacial score (nSPS) is 10.2. The van der Waals surface area contributed by atoms with E-state index in [-0.39, 0.29) is 17.3 Å². The molecule has 1 rings (SSSR count). The largest absolute Gasteiger partial charge is 0.481 e. The first kappa shape index (κ1) is 9.70. The maximum absolute atomic E-state index is 12.3. The van der Waals surface area contributed by atoms with Crippen molar-refractivity contribution in [3.05, 3.63) is 17.7 Å². The quantitative estimate of drug-likeness (QED) is 0.729. The second-order valence-corrected chi connectivity index (χ2v) is 2.29. The van der Waals surface area contributed by atoms with Crippen LogP contribution in [0.3, 0.4) is 0 Å². The lowest BCUT2D eigenvalue weighted by Crippen LogP contribution is -1.95. The maximum atomic E-state index is 12.3. The zero-order chi connectivity index (χ0) is 9.84. The average molecular weight is 189 g/mol. The third-order valence-electron chi connectivity index (χ3n) is 1.47. The van der Waals surface area contributed by atoms with Gasteiger partial charge in [-0.15, -0.1) is 0 Å². The van der Waals surface area contributed by atoms with Crippen LogP contribution < -0.4 is 9.47 Å². The predicted octanol–water partition coefficient (Wildman–Crippen LogP) is 2.04. The van der Waals surface area contributed by atoms with Crippen molar-refractivity contribution in [1.29, 1.82) is 0 Å². The smallest absolute Gasteiger partial charge is 0.264 e. The maximum Gasteiger partial charge on any atom is 0.264 e. The van der Waals surface area contributed by atoms with Crippen LogP contribution in [0.5, 0.6) is 11.8 Å². The molecule has 0 atom stereocenters. The van der Waals surface area contributed by atoms with Crippen LogP contribution >= 0.6 is 0 Å². The first-order valence-corrected chi connectivity index (χ1v) is 3.55. The Morgan fingerprint density at radius 2 is 1.62 bits per heavy atom. The number of nitrogens with zero attached hydrogens (tertiary/aromatic N) is 1. The van der Waals surface area contributed by atoms with Gasteiger partial charge in [-0.3, -0.25) is 0 Å². The molecule has 1 aromatic heterocycles. The molecule has 3 nitrogen and oxygen atoms in total. The van der Waals surface area contributed by atoms with Gasteiger partial charge in [0.1, 0.15) is 0 Å². The SMILES string of the molecule is COc1cc(C(F)F)cc(OC)n1. The van der Waals surface area contributed by atoms with Crippen molar-refractivity contribution < 1.29 is 18.3 Å². The van der Waals surface area contributed by atoms with Gasteiger partial charge in [0.05, 0.1) is 14.2 Å². The van der Waals surface area contributed by atoms with Gasteiger partial charge in [-0.2, -0.15) is 4.98 Å². The molecule has 0 aliphatic carbocycles. The minimum Gasteiger partial charge on any atom is -0.481 e. The Kier molecular flexibility index (Phi) is 3.00. The molecule has 0 radical (unpaired) electrons. The number of rotatable bonds is 3. The molecule has 0 bridgehead atoms. The van der Waals surface area contributed by atoms with Crippen molar-refractivity contribution in [2.75, 3.05) is 14.2 Å². The van der Waals surface area contributed by atoms with Crippen molar-refractivity contribution in [3.8, 4) is 11.8 Å². The average Bonchev–Trinajstić information content (AvgIpc) is 2.16. The van der Waals surface area contributed by atoms with E-state index >= 15 is 0 Å². The first-order valence-electron chi connectivity index (χ1n) is 3.55. The number of hydrogen-bond donors (Lipinski definition) is 0. The molecule has 0 spiro atoms. The molecular formula is C8H9F2NO2. The fourth-order valence-corrected chi connectivity index (χ4v) is 0.835. The molecule has 0 fully saturated rings. The molecule has 0 amide bonds. The summed E-state index contributed by atoms with van der Waals surface area (Å²) >= 11 is 0. The molecule has 5 heteroatoms. The Morgan fingerprint density at radius 3 is 1.92 bits per heavy atom. The molecule has 0 N–H and O–H groups in total. The van der Waals surface area contributed by atoms with Gasteiger partial charge in [0.15, 0.2) is 0 Å². The van der Waals surface area contributed by atoms with E-state index in [1.165, 1.54) is 26.4 Å². The summed E-state index contributed by atoms with van der Waals surface area (Å²) in [6, 6.07) is 2.35. The van der Waals surface area contributed by atoms with E-state index in [1.807, 2.05) is 0 Å². The fraction of sp³-hybridized carbons (Fsp3) is 0.375. The number of pyridine rings is 1. The molecule has 0 aliphatic heterocycles. The van der Waals surface area contributed by atoms with Gasteiger partial charge in [0.25, 0.3) is 6.43 Å². The number of aromatic nitrogens is 1. The van der Waals surface area contributed by atoms with E-state index in [1.54, 1.807) is 0 Å². The highest BCUT2D eigenvalue weighted by Gasteiger charge is 2.11. The minimum atomic E-state index is -2.55. The lowest BCUT2D eigenvalue weighted by Gasteiger charge is -2.05. The third-order valence-corrected chi connectivity index (χ3v) is 1.47. The Hall–Kier alpha value is -1.39. The first-order chi connectivity index (χ1) is 6.17. The highest BCUT2D eigenvalue weighted by Crippen LogP contribution is 2.25. The van der Waals surface area contributed by atoms with Crippen LogP contribution in [0, 0.1) is 0 Å². The summed E-state index contributed by atoms with van der Waals surface area (Å²) in [4.78, 5) is 3.78. The lowest BCUT2D eigenvalue weighted by atomic mass is 10.3. The van der Waals surface area contributed by atoms with Crippen molar-refractivity contribution in [3.63, 3.8) is 0 Å². The van der Waals surface area contributed by atoms with Crippen LogP contribution in [-0.4, -0.2) is 19.2 Å². The summed E-state index contributed by atoms with van der Waals surface area (Å²) in [5, 5.41) is 0. The molecule has 1 aromatic rings. The number of halogens is 2. The number of alkyl halides is 2. The molecular weight excluding hydrogens is 180 g/mol. The minimum absolute atomic E-state index is 0.120. The number of methoxy groups -OCH3 is 2. The van der Waals surface area contributed by atoms with Crippen LogP contribution in [0.15, 0.2) is 12.1 Å². The van der Waals surface area contributed by atoms with Crippen LogP contribution in [0.25, 0.3) is 0 Å². The summed E-state index contributed by atoms with van der Waals surface area (Å²) in [5.74, 6) is 0.240. The Balaban J connectivity index is 3.07. The second-order valence-electron chi connectivity index (χ2n) is 2.29. The molecule has 0 aliphatic rings. The van der Waals surface area contributed by atoms with Crippen molar-refractivity contribution >= 4 is 0 Å². The van der Waals surface area contributed by atoms with Gasteiger partial charge in [0, 0.05) is 17.7 Å². The molecule has 72 valence electrons. The van der Waals surface area contributed by atoms with Crippen LogP contribution in [-0.2, 0) is 0 Å². The summed E-state index contributed by atoms with van der Waals surface area (Å²) < 4.78 is 34.0. The molecule has 0 saturated carbocycles. The third kappa shape index (κ3) is 2.27. The van der Waals surface area contributed by atoms with Crippen molar-refractivity contribution in [2.45, 2.75) is 6.43 Å². The Labute approximate surface area is 74.3 Å². The van der Waals surface area contributed by atoms with Gasteiger partial charge >= 0.3 is 0 Å². The van der Waals surface area contributed by atoms with E-state index in [9.17, 15) is 8.78 Å². The Bertz CT molecular complexity index is 269. The fourth-order valence-electron chi connectivity index (χ4n) is 0.835. The highest BCUT2D eigenvalue weighted by atomic mass is 19.3. The highest BCUT2D eigenvalue weighted by molar-refractivity contribution is 5.29. The molecule has 0 aromatic carbocycles. The van der Waals surface area contributed by atoms with Gasteiger partial charge in [0.2, 0.25) is 11.8 Å². The Morgan fingerprint density at radius 1 is 1.15 bits per heavy atom. The van der Waals surface area contributed by atoms with E-state index in [2.05, 4.69) is 4.98 Å². The zero-order valence-electron chi connectivity index (χ0n) is 7.25. The molecule has 0 unspecified atom stereocenters. The molecule has 13 heavy (non-hydrogen) atoms. The second kappa shape index (κ2) is 4.02. The standard InChI is InChI=1S/C8H9F2NO2/c1-12-6-3-5(8(9)10)4-7(11-6)13-2/h3-4,8H,1-2H3. The summed E-state index contributed by atoms with van der Waals surface area (Å²) in [7, 11) is 2.72. The van der Waals surface area contributed by atoms with Gasteiger partial charge in [-0.25, -0.2) is 8.78 Å². The summed E-state index contributed by atoms with van der Waals surface area (Å²) in [6.45, 7) is 0. The summed E-state index contributed by atoms with van der Waals surface area (Å²) in [6.07, 6.45) is -2.55. The predicted molar refractivity (Wildman–Crippen MR) is 42.3 cm³/mol. The van der Waals surface area contributed by atoms with E-state index in [0.29, 0.717) is 0 Å². The number of hydrogen-bond acceptors (Lipinski definition) is 3. The zero-order valence-corrected chi connectivity index (χ0v) is 7.25. The van der Waals surface area contributed by atoms with Crippen LogP contribution in [0.1, 0.15) is 12.0 Å². The van der Waals surface area contributed by atoms with Gasteiger partial charge < -0.3 is 9.47 Å². The van der Waals surface area contributed by atoms with Crippen LogP contribution in [0.4, 0.5) is 8.78 Å². The van der Waals surface area contributed by atoms with Gasteiger partial charge in [-0.1, -0.05) is 0 Å². The van der Waals surface area contributed by atoms with Crippen molar-refractivity contribution in [2.24, 2.45) is 0 Å². The number of ether oxygens (including phenoxy) is 2. The lowest BCUT2D eigenvalue weighted by molar-refractivity contribution is 0.150. The van der Waals surface area contributed by atoms with Crippen LogP contribution in [0.2, 0.25) is 0 Å². The van der Waals surface area contributed by atoms with E-state index < -0.39 is 6.43 Å². The van der Waals surface area contributed by atoms with E-state index in [0.717, 1.165) is 0 Å². The molecule has 1 heterocycles. The topological polar surface area (TPSA) is 31.4 Å². The monoisotopic (exact) mass is 189 g/mol. The van der Waals surface area contributed by atoms with Crippen molar-refractivity contribution in [1.82, 2.24) is 4.98 Å². The summed E-state index contributed by atoms with van der Waals surface area (Å²) in [5.41, 5.74) is -0.163. The van der Waals surface area contributed by atoms with E-state index in [4.69, 9.17) is 9.47 Å². The molecule has 0 saturated heterocycles. The van der Waals surface area contributed by atoms with Gasteiger partial charge in [-0.05, 0) is 0 Å².